The Morgan fingerprint density at radius 1 is 1.50 bits per heavy atom. The molecule has 5 heteroatoms. The summed E-state index contributed by atoms with van der Waals surface area (Å²) in [5, 5.41) is 14.5. The van der Waals surface area contributed by atoms with E-state index in [1.165, 1.54) is 6.20 Å². The van der Waals surface area contributed by atoms with Crippen LogP contribution in [0.4, 0.5) is 5.69 Å². The van der Waals surface area contributed by atoms with Gasteiger partial charge >= 0.3 is 0 Å². The number of pyridine rings is 1. The summed E-state index contributed by atoms with van der Waals surface area (Å²) in [4.78, 5) is 15.7. The molecule has 0 aliphatic carbocycles. The van der Waals surface area contributed by atoms with E-state index in [9.17, 15) is 4.79 Å². The second-order valence-electron chi connectivity index (χ2n) is 4.76. The lowest BCUT2D eigenvalue weighted by atomic mass is 10.1. The third kappa shape index (κ3) is 4.66. The number of carbonyl (C=O) groups excluding carboxylic acids is 1. The molecule has 1 aromatic rings. The molecule has 5 nitrogen and oxygen atoms in total. The van der Waals surface area contributed by atoms with E-state index in [2.05, 4.69) is 15.6 Å². The minimum absolute atomic E-state index is 0.0220. The molecule has 1 rings (SSSR count). The fraction of sp³-hybridized carbons (Fsp3) is 0.308. The van der Waals surface area contributed by atoms with E-state index >= 15 is 0 Å². The Kier molecular flexibility index (Phi) is 4.44. The van der Waals surface area contributed by atoms with Crippen molar-refractivity contribution in [2.24, 2.45) is 0 Å². The Labute approximate surface area is 107 Å². The highest BCUT2D eigenvalue weighted by Gasteiger charge is 2.16. The second kappa shape index (κ2) is 5.82. The maximum absolute atomic E-state index is 11.8. The Hall–Kier alpha value is -2.35. The molecule has 1 heterocycles. The van der Waals surface area contributed by atoms with Crippen LogP contribution in [-0.2, 0) is 4.79 Å². The zero-order valence-electron chi connectivity index (χ0n) is 10.7. The summed E-state index contributed by atoms with van der Waals surface area (Å²) >= 11 is 0. The van der Waals surface area contributed by atoms with Gasteiger partial charge in [-0.1, -0.05) is 0 Å². The summed E-state index contributed by atoms with van der Waals surface area (Å²) in [5.41, 5.74) is 0.365. The van der Waals surface area contributed by atoms with E-state index in [1.54, 1.807) is 24.5 Å². The van der Waals surface area contributed by atoms with E-state index in [0.717, 1.165) is 0 Å². The molecule has 0 unspecified atom stereocenters. The summed E-state index contributed by atoms with van der Waals surface area (Å²) in [5.74, 6) is -0.401. The van der Waals surface area contributed by atoms with Crippen LogP contribution in [-0.4, -0.2) is 16.4 Å². The summed E-state index contributed by atoms with van der Waals surface area (Å²) in [6, 6.07) is 5.41. The molecular formula is C13H16N4O. The largest absolute Gasteiger partial charge is 0.359 e. The zero-order valence-corrected chi connectivity index (χ0v) is 10.7. The Balaban J connectivity index is 2.73. The SMILES string of the molecule is CC(C)(C)NC(=O)/C(C#N)=C\Nc1cccnc1. The van der Waals surface area contributed by atoms with Crippen molar-refractivity contribution >= 4 is 11.6 Å². The van der Waals surface area contributed by atoms with Crippen molar-refractivity contribution in [3.8, 4) is 6.07 Å². The first-order valence-corrected chi connectivity index (χ1v) is 5.52. The van der Waals surface area contributed by atoms with E-state index < -0.39 is 5.91 Å². The third-order valence-corrected chi connectivity index (χ3v) is 1.90. The first-order chi connectivity index (χ1) is 8.42. The van der Waals surface area contributed by atoms with Crippen molar-refractivity contribution < 1.29 is 4.79 Å². The van der Waals surface area contributed by atoms with Crippen LogP contribution in [0.25, 0.3) is 0 Å². The van der Waals surface area contributed by atoms with Gasteiger partial charge in [-0.3, -0.25) is 9.78 Å². The monoisotopic (exact) mass is 244 g/mol. The minimum Gasteiger partial charge on any atom is -0.359 e. The Morgan fingerprint density at radius 2 is 2.22 bits per heavy atom. The van der Waals surface area contributed by atoms with Gasteiger partial charge in [0.05, 0.1) is 11.9 Å². The average Bonchev–Trinajstić information content (AvgIpc) is 2.29. The van der Waals surface area contributed by atoms with E-state index in [0.29, 0.717) is 5.69 Å². The Morgan fingerprint density at radius 3 is 2.72 bits per heavy atom. The fourth-order valence-electron chi connectivity index (χ4n) is 1.16. The molecule has 1 amide bonds. The minimum atomic E-state index is -0.401. The van der Waals surface area contributed by atoms with Gasteiger partial charge in [0.2, 0.25) is 0 Å². The molecule has 0 atom stereocenters. The van der Waals surface area contributed by atoms with Crippen LogP contribution in [0.3, 0.4) is 0 Å². The molecule has 18 heavy (non-hydrogen) atoms. The van der Waals surface area contributed by atoms with Crippen LogP contribution in [0.5, 0.6) is 0 Å². The number of carbonyl (C=O) groups is 1. The predicted octanol–water partition coefficient (Wildman–Crippen LogP) is 1.82. The van der Waals surface area contributed by atoms with Crippen molar-refractivity contribution in [1.82, 2.24) is 10.3 Å². The quantitative estimate of drug-likeness (QED) is 0.628. The highest BCUT2D eigenvalue weighted by atomic mass is 16.1. The van der Waals surface area contributed by atoms with Crippen LogP contribution in [0.2, 0.25) is 0 Å². The number of nitrogens with zero attached hydrogens (tertiary/aromatic N) is 2. The second-order valence-corrected chi connectivity index (χ2v) is 4.76. The van der Waals surface area contributed by atoms with Crippen LogP contribution in [0, 0.1) is 11.3 Å². The predicted molar refractivity (Wildman–Crippen MR) is 69.5 cm³/mol. The van der Waals surface area contributed by atoms with Crippen LogP contribution < -0.4 is 10.6 Å². The van der Waals surface area contributed by atoms with Gasteiger partial charge in [0.25, 0.3) is 5.91 Å². The maximum atomic E-state index is 11.8. The van der Waals surface area contributed by atoms with E-state index in [-0.39, 0.29) is 11.1 Å². The normalized spacial score (nSPS) is 11.6. The molecule has 0 fully saturated rings. The average molecular weight is 244 g/mol. The van der Waals surface area contributed by atoms with Gasteiger partial charge in [-0.05, 0) is 32.9 Å². The molecule has 0 aromatic carbocycles. The first kappa shape index (κ1) is 13.7. The molecule has 1 aromatic heterocycles. The molecule has 0 aliphatic heterocycles. The van der Waals surface area contributed by atoms with Crippen molar-refractivity contribution in [3.05, 3.63) is 36.3 Å². The van der Waals surface area contributed by atoms with Gasteiger partial charge in [-0.15, -0.1) is 0 Å². The van der Waals surface area contributed by atoms with Gasteiger partial charge in [0, 0.05) is 17.9 Å². The number of nitrogens with one attached hydrogen (secondary N) is 2. The lowest BCUT2D eigenvalue weighted by Gasteiger charge is -2.19. The summed E-state index contributed by atoms with van der Waals surface area (Å²) in [6.07, 6.45) is 4.62. The molecule has 0 bridgehead atoms. The summed E-state index contributed by atoms with van der Waals surface area (Å²) < 4.78 is 0. The molecule has 2 N–H and O–H groups in total. The molecule has 0 saturated heterocycles. The molecule has 0 saturated carbocycles. The number of hydrogen-bond acceptors (Lipinski definition) is 4. The van der Waals surface area contributed by atoms with Gasteiger partial charge in [-0.2, -0.15) is 5.26 Å². The van der Waals surface area contributed by atoms with Crippen molar-refractivity contribution in [2.75, 3.05) is 5.32 Å². The van der Waals surface area contributed by atoms with Crippen LogP contribution in [0.1, 0.15) is 20.8 Å². The maximum Gasteiger partial charge on any atom is 0.263 e. The molecule has 0 aliphatic rings. The fourth-order valence-corrected chi connectivity index (χ4v) is 1.16. The summed E-state index contributed by atoms with van der Waals surface area (Å²) in [7, 11) is 0. The molecule has 0 spiro atoms. The van der Waals surface area contributed by atoms with Crippen LogP contribution >= 0.6 is 0 Å². The van der Waals surface area contributed by atoms with Crippen LogP contribution in [0.15, 0.2) is 36.3 Å². The zero-order chi connectivity index (χ0) is 13.6. The number of aromatic nitrogens is 1. The van der Waals surface area contributed by atoms with Gasteiger partial charge in [0.1, 0.15) is 11.6 Å². The van der Waals surface area contributed by atoms with Gasteiger partial charge in [0.15, 0.2) is 0 Å². The number of hydrogen-bond donors (Lipinski definition) is 2. The molecule has 0 radical (unpaired) electrons. The highest BCUT2D eigenvalue weighted by Crippen LogP contribution is 2.05. The number of rotatable bonds is 3. The standard InChI is InChI=1S/C13H16N4O/c1-13(2,3)17-12(18)10(7-14)8-16-11-5-4-6-15-9-11/h4-6,8-9,16H,1-3H3,(H,17,18)/b10-8-. The van der Waals surface area contributed by atoms with Crippen molar-refractivity contribution in [2.45, 2.75) is 26.3 Å². The van der Waals surface area contributed by atoms with Crippen molar-refractivity contribution in [1.29, 1.82) is 5.26 Å². The molecular weight excluding hydrogens is 228 g/mol. The Bertz CT molecular complexity index is 480. The number of nitriles is 1. The number of amides is 1. The number of anilines is 1. The topological polar surface area (TPSA) is 77.8 Å². The first-order valence-electron chi connectivity index (χ1n) is 5.52. The smallest absolute Gasteiger partial charge is 0.263 e. The van der Waals surface area contributed by atoms with Crippen molar-refractivity contribution in [3.63, 3.8) is 0 Å². The lowest BCUT2D eigenvalue weighted by Crippen LogP contribution is -2.41. The van der Waals surface area contributed by atoms with E-state index in [4.69, 9.17) is 5.26 Å². The molecule has 94 valence electrons. The van der Waals surface area contributed by atoms with Gasteiger partial charge < -0.3 is 10.6 Å². The summed E-state index contributed by atoms with van der Waals surface area (Å²) in [6.45, 7) is 5.57. The van der Waals surface area contributed by atoms with E-state index in [1.807, 2.05) is 26.8 Å². The van der Waals surface area contributed by atoms with Gasteiger partial charge in [-0.25, -0.2) is 0 Å². The highest BCUT2D eigenvalue weighted by molar-refractivity contribution is 5.97. The lowest BCUT2D eigenvalue weighted by molar-refractivity contribution is -0.118. The third-order valence-electron chi connectivity index (χ3n) is 1.90.